The molecule has 0 N–H and O–H groups in total. The predicted molar refractivity (Wildman–Crippen MR) is 141 cm³/mol. The fourth-order valence-corrected chi connectivity index (χ4v) is 8.47. The third-order valence-electron chi connectivity index (χ3n) is 8.86. The zero-order valence-corrected chi connectivity index (χ0v) is 22.9. The van der Waals surface area contributed by atoms with Crippen LogP contribution in [0, 0.1) is 5.41 Å². The number of hydrogen-bond donors (Lipinski definition) is 0. The second-order valence-corrected chi connectivity index (χ2v) is 12.7. The first-order valence-electron chi connectivity index (χ1n) is 13.1. The van der Waals surface area contributed by atoms with Gasteiger partial charge in [0.05, 0.1) is 24.9 Å². The van der Waals surface area contributed by atoms with Crippen molar-refractivity contribution in [3.8, 4) is 0 Å². The molecular weight excluding hydrogens is 528 g/mol. The number of nitrogens with zero attached hydrogens (tertiary/aromatic N) is 2. The topological polar surface area (TPSA) is 60.4 Å². The predicted octanol–water partition coefficient (Wildman–Crippen LogP) is 5.07. The molecule has 3 atom stereocenters. The van der Waals surface area contributed by atoms with E-state index in [4.69, 9.17) is 19.2 Å². The summed E-state index contributed by atoms with van der Waals surface area (Å²) in [7, 11) is 1.81. The summed E-state index contributed by atoms with van der Waals surface area (Å²) >= 11 is 5.40. The lowest BCUT2D eigenvalue weighted by Gasteiger charge is -2.45. The average Bonchev–Trinajstić information content (AvgIpc) is 3.66. The first kappa shape index (κ1) is 24.4. The molecule has 3 fully saturated rings. The molecule has 8 heteroatoms. The van der Waals surface area contributed by atoms with E-state index >= 15 is 0 Å². The van der Waals surface area contributed by atoms with Crippen LogP contribution in [0.25, 0.3) is 0 Å². The highest BCUT2D eigenvalue weighted by Gasteiger charge is 2.67. The van der Waals surface area contributed by atoms with Crippen LogP contribution in [0.2, 0.25) is 0 Å². The van der Waals surface area contributed by atoms with Crippen molar-refractivity contribution < 1.29 is 19.0 Å². The Hall–Kier alpha value is -0.930. The number of amidine groups is 1. The van der Waals surface area contributed by atoms with E-state index in [-0.39, 0.29) is 29.6 Å². The minimum atomic E-state index is -0.859. The Balaban J connectivity index is 1.41. The molecule has 3 heterocycles. The lowest BCUT2D eigenvalue weighted by molar-refractivity contribution is -0.139. The van der Waals surface area contributed by atoms with Crippen molar-refractivity contribution >= 4 is 38.8 Å². The van der Waals surface area contributed by atoms with Crippen LogP contribution in [0.3, 0.4) is 0 Å². The van der Waals surface area contributed by atoms with Gasteiger partial charge in [-0.1, -0.05) is 33.8 Å². The summed E-state index contributed by atoms with van der Waals surface area (Å²) in [5.41, 5.74) is 1.30. The maximum atomic E-state index is 14.7. The smallest absolute Gasteiger partial charge is 0.261 e. The maximum Gasteiger partial charge on any atom is 0.261 e. The fourth-order valence-electron chi connectivity index (χ4n) is 7.00. The molecule has 6 nitrogen and oxygen atoms in total. The minimum absolute atomic E-state index is 0.0891. The molecule has 2 aliphatic carbocycles. The van der Waals surface area contributed by atoms with Crippen molar-refractivity contribution in [2.24, 2.45) is 10.4 Å². The van der Waals surface area contributed by atoms with E-state index in [1.54, 1.807) is 18.9 Å². The Morgan fingerprint density at radius 2 is 1.89 bits per heavy atom. The molecule has 1 amide bonds. The highest BCUT2D eigenvalue weighted by molar-refractivity contribution is 9.10. The van der Waals surface area contributed by atoms with Crippen molar-refractivity contribution in [2.45, 2.75) is 81.6 Å². The van der Waals surface area contributed by atoms with E-state index in [9.17, 15) is 4.79 Å². The van der Waals surface area contributed by atoms with Crippen LogP contribution in [0.5, 0.6) is 0 Å². The number of amides is 1. The Bertz CT molecular complexity index is 999. The number of methoxy groups -OCH3 is 1. The molecule has 2 saturated heterocycles. The summed E-state index contributed by atoms with van der Waals surface area (Å²) in [6.07, 6.45) is 9.61. The van der Waals surface area contributed by atoms with Crippen LogP contribution >= 0.6 is 27.7 Å². The van der Waals surface area contributed by atoms with Crippen LogP contribution in [0.4, 0.5) is 0 Å². The molecule has 35 heavy (non-hydrogen) atoms. The van der Waals surface area contributed by atoms with Crippen molar-refractivity contribution in [3.63, 3.8) is 0 Å². The molecule has 0 aromatic heterocycles. The lowest BCUT2D eigenvalue weighted by Crippen LogP contribution is -2.52. The number of hydrogen-bond acceptors (Lipinski definition) is 6. The summed E-state index contributed by atoms with van der Waals surface area (Å²) in [5.74, 6) is 0.990. The quantitative estimate of drug-likeness (QED) is 0.501. The maximum absolute atomic E-state index is 14.7. The molecule has 5 aliphatic rings. The van der Waals surface area contributed by atoms with Crippen molar-refractivity contribution in [1.82, 2.24) is 4.90 Å². The third kappa shape index (κ3) is 4.12. The molecule has 1 aromatic rings. The number of carbonyl (C=O) groups excluding carboxylic acids is 1. The van der Waals surface area contributed by atoms with E-state index in [1.807, 2.05) is 4.90 Å². The molecular formula is C27H35BrN2O4S. The number of benzene rings is 1. The van der Waals surface area contributed by atoms with Crippen LogP contribution in [-0.2, 0) is 31.0 Å². The number of ether oxygens (including phenoxy) is 3. The number of rotatable bonds is 5. The van der Waals surface area contributed by atoms with Gasteiger partial charge in [0.15, 0.2) is 10.7 Å². The first-order chi connectivity index (χ1) is 17.0. The van der Waals surface area contributed by atoms with E-state index in [2.05, 4.69) is 34.1 Å². The van der Waals surface area contributed by atoms with Crippen LogP contribution in [0.1, 0.15) is 62.5 Å². The van der Waals surface area contributed by atoms with Crippen LogP contribution in [0.15, 0.2) is 27.7 Å². The zero-order valence-electron chi connectivity index (χ0n) is 20.5. The summed E-state index contributed by atoms with van der Waals surface area (Å²) in [5, 5.41) is 0.863. The summed E-state index contributed by atoms with van der Waals surface area (Å²) in [6, 6.07) is 6.46. The van der Waals surface area contributed by atoms with E-state index in [1.165, 1.54) is 5.56 Å². The Kier molecular flexibility index (Phi) is 6.80. The monoisotopic (exact) mass is 562 g/mol. The largest absolute Gasteiger partial charge is 0.381 e. The van der Waals surface area contributed by atoms with E-state index < -0.39 is 5.54 Å². The standard InChI is InChI=1S/C27H35BrN2O4S/c1-32-20-8-10-26(11-9-20)15-18-6-7-19(28)14-23(18)27(26)24(31)30(16-21-4-2-12-33-21)25(29-27)35-17-22-5-3-13-34-22/h6-7,14,20-22H,2-5,8-13,15-17H2,1H3. The molecule has 1 saturated carbocycles. The molecule has 190 valence electrons. The van der Waals surface area contributed by atoms with Gasteiger partial charge in [-0.3, -0.25) is 9.69 Å². The van der Waals surface area contributed by atoms with Crippen molar-refractivity contribution in [2.75, 3.05) is 32.6 Å². The number of fused-ring (bicyclic) bond motifs is 3. The number of halogens is 1. The van der Waals surface area contributed by atoms with Gasteiger partial charge in [-0.05, 0) is 81.0 Å². The van der Waals surface area contributed by atoms with Gasteiger partial charge in [0.2, 0.25) is 0 Å². The second-order valence-electron chi connectivity index (χ2n) is 10.8. The SMILES string of the molecule is COC1CCC2(CC1)Cc1ccc(Br)cc1C21N=C(SCC2CCCO2)N(CC2CCCO2)C1=O. The van der Waals surface area contributed by atoms with Crippen molar-refractivity contribution in [1.29, 1.82) is 0 Å². The normalized spacial score (nSPS) is 36.5. The Morgan fingerprint density at radius 1 is 1.14 bits per heavy atom. The Morgan fingerprint density at radius 3 is 2.57 bits per heavy atom. The van der Waals surface area contributed by atoms with Crippen LogP contribution < -0.4 is 0 Å². The van der Waals surface area contributed by atoms with Gasteiger partial charge < -0.3 is 14.2 Å². The minimum Gasteiger partial charge on any atom is -0.381 e. The van der Waals surface area contributed by atoms with Gasteiger partial charge in [-0.15, -0.1) is 0 Å². The molecule has 1 aromatic carbocycles. The average molecular weight is 564 g/mol. The molecule has 0 bridgehead atoms. The highest BCUT2D eigenvalue weighted by Crippen LogP contribution is 2.62. The summed E-state index contributed by atoms with van der Waals surface area (Å²) in [6.45, 7) is 2.22. The van der Waals surface area contributed by atoms with Gasteiger partial charge in [-0.25, -0.2) is 4.99 Å². The second kappa shape index (κ2) is 9.75. The van der Waals surface area contributed by atoms with Crippen LogP contribution in [-0.4, -0.2) is 66.9 Å². The van der Waals surface area contributed by atoms with Gasteiger partial charge in [0.25, 0.3) is 5.91 Å². The molecule has 0 radical (unpaired) electrons. The number of carbonyl (C=O) groups is 1. The fraction of sp³-hybridized carbons (Fsp3) is 0.704. The molecule has 2 spiro atoms. The van der Waals surface area contributed by atoms with E-state index in [0.29, 0.717) is 6.54 Å². The Labute approximate surface area is 220 Å². The molecule has 3 aliphatic heterocycles. The van der Waals surface area contributed by atoms with Gasteiger partial charge >= 0.3 is 0 Å². The van der Waals surface area contributed by atoms with Crippen molar-refractivity contribution in [3.05, 3.63) is 33.8 Å². The highest BCUT2D eigenvalue weighted by atomic mass is 79.9. The van der Waals surface area contributed by atoms with Gasteiger partial charge in [-0.2, -0.15) is 0 Å². The lowest BCUT2D eigenvalue weighted by atomic mass is 9.61. The zero-order chi connectivity index (χ0) is 24.0. The van der Waals surface area contributed by atoms with Gasteiger partial charge in [0.1, 0.15) is 0 Å². The van der Waals surface area contributed by atoms with Gasteiger partial charge in [0, 0.05) is 36.0 Å². The summed E-state index contributed by atoms with van der Waals surface area (Å²) in [4.78, 5) is 22.1. The van der Waals surface area contributed by atoms with E-state index in [0.717, 1.165) is 92.0 Å². The third-order valence-corrected chi connectivity index (χ3v) is 10.5. The number of aliphatic imine (C=N–C) groups is 1. The first-order valence-corrected chi connectivity index (χ1v) is 14.9. The molecule has 6 rings (SSSR count). The molecule has 3 unspecified atom stereocenters. The number of thioether (sulfide) groups is 1. The summed E-state index contributed by atoms with van der Waals surface area (Å²) < 4.78 is 18.6.